The van der Waals surface area contributed by atoms with Crippen molar-refractivity contribution < 1.29 is 14.5 Å². The summed E-state index contributed by atoms with van der Waals surface area (Å²) in [5, 5.41) is 10.9. The molecule has 7 heteroatoms. The predicted molar refractivity (Wildman–Crippen MR) is 100 cm³/mol. The summed E-state index contributed by atoms with van der Waals surface area (Å²) in [6.07, 6.45) is 0. The van der Waals surface area contributed by atoms with Gasteiger partial charge < -0.3 is 4.90 Å². The highest BCUT2D eigenvalue weighted by Crippen LogP contribution is 2.32. The molecule has 2 aromatic carbocycles. The lowest BCUT2D eigenvalue weighted by Crippen LogP contribution is -2.32. The molecule has 2 aromatic rings. The molecule has 0 aliphatic carbocycles. The van der Waals surface area contributed by atoms with Crippen LogP contribution in [0.1, 0.15) is 18.1 Å². The van der Waals surface area contributed by atoms with Crippen LogP contribution in [-0.2, 0) is 16.1 Å². The molecule has 0 radical (unpaired) electrons. The van der Waals surface area contributed by atoms with Crippen molar-refractivity contribution in [2.75, 3.05) is 13.6 Å². The fourth-order valence-electron chi connectivity index (χ4n) is 3.08. The first-order valence-corrected chi connectivity index (χ1v) is 8.54. The van der Waals surface area contributed by atoms with E-state index in [0.717, 1.165) is 10.5 Å². The van der Waals surface area contributed by atoms with E-state index in [2.05, 4.69) is 0 Å². The van der Waals surface area contributed by atoms with Gasteiger partial charge in [-0.25, -0.2) is 0 Å². The van der Waals surface area contributed by atoms with Gasteiger partial charge in [-0.1, -0.05) is 30.3 Å². The van der Waals surface area contributed by atoms with Gasteiger partial charge in [-0.3, -0.25) is 24.6 Å². The largest absolute Gasteiger partial charge is 0.362 e. The van der Waals surface area contributed by atoms with E-state index in [1.807, 2.05) is 42.2 Å². The predicted octanol–water partition coefficient (Wildman–Crippen LogP) is 2.83. The topological polar surface area (TPSA) is 83.8 Å². The fourth-order valence-corrected chi connectivity index (χ4v) is 3.08. The first kappa shape index (κ1) is 18.3. The number of hydrogen-bond donors (Lipinski definition) is 0. The standard InChI is InChI=1S/C20H19N3O4/c1-3-22(13-14-7-5-4-6-8-14)18-17(19(24)21(2)20(18)25)15-9-11-16(12-10-15)23(26)27/h4-12H,3,13H2,1-2H3. The lowest BCUT2D eigenvalue weighted by atomic mass is 10.0. The van der Waals surface area contributed by atoms with E-state index in [0.29, 0.717) is 24.4 Å². The zero-order valence-electron chi connectivity index (χ0n) is 15.1. The van der Waals surface area contributed by atoms with Crippen molar-refractivity contribution in [1.29, 1.82) is 0 Å². The van der Waals surface area contributed by atoms with E-state index in [1.165, 1.54) is 31.3 Å². The van der Waals surface area contributed by atoms with E-state index in [9.17, 15) is 19.7 Å². The summed E-state index contributed by atoms with van der Waals surface area (Å²) in [7, 11) is 1.44. The number of carbonyl (C=O) groups excluding carboxylic acids is 2. The minimum absolute atomic E-state index is 0.0670. The van der Waals surface area contributed by atoms with Gasteiger partial charge in [0.05, 0.1) is 10.5 Å². The molecule has 0 bridgehead atoms. The smallest absolute Gasteiger partial charge is 0.277 e. The summed E-state index contributed by atoms with van der Waals surface area (Å²) >= 11 is 0. The molecule has 0 spiro atoms. The summed E-state index contributed by atoms with van der Waals surface area (Å²) in [6, 6.07) is 15.4. The lowest BCUT2D eigenvalue weighted by molar-refractivity contribution is -0.384. The average molecular weight is 365 g/mol. The molecule has 0 saturated heterocycles. The van der Waals surface area contributed by atoms with Gasteiger partial charge in [0.15, 0.2) is 0 Å². The average Bonchev–Trinajstić information content (AvgIpc) is 2.91. The number of benzene rings is 2. The second-order valence-corrected chi connectivity index (χ2v) is 6.20. The third-order valence-corrected chi connectivity index (χ3v) is 4.54. The Bertz CT molecular complexity index is 920. The summed E-state index contributed by atoms with van der Waals surface area (Å²) in [4.78, 5) is 38.8. The number of non-ortho nitro benzene ring substituents is 1. The Morgan fingerprint density at radius 2 is 1.63 bits per heavy atom. The van der Waals surface area contributed by atoms with Crippen molar-refractivity contribution in [3.05, 3.63) is 81.5 Å². The number of imide groups is 1. The first-order valence-electron chi connectivity index (χ1n) is 8.54. The van der Waals surface area contributed by atoms with Crippen LogP contribution in [0.4, 0.5) is 5.69 Å². The van der Waals surface area contributed by atoms with Crippen LogP contribution in [0.3, 0.4) is 0 Å². The Kier molecular flexibility index (Phi) is 5.03. The summed E-state index contributed by atoms with van der Waals surface area (Å²) in [6.45, 7) is 2.93. The third-order valence-electron chi connectivity index (χ3n) is 4.54. The zero-order chi connectivity index (χ0) is 19.6. The maximum atomic E-state index is 12.8. The molecule has 138 valence electrons. The first-order chi connectivity index (χ1) is 12.9. The summed E-state index contributed by atoms with van der Waals surface area (Å²) in [5.41, 5.74) is 2.04. The second-order valence-electron chi connectivity index (χ2n) is 6.20. The quantitative estimate of drug-likeness (QED) is 0.446. The molecule has 0 aromatic heterocycles. The van der Waals surface area contributed by atoms with Gasteiger partial charge in [0, 0.05) is 32.3 Å². The molecule has 0 fully saturated rings. The Morgan fingerprint density at radius 1 is 1.00 bits per heavy atom. The van der Waals surface area contributed by atoms with E-state index in [1.54, 1.807) is 0 Å². The number of nitro benzene ring substituents is 1. The van der Waals surface area contributed by atoms with Gasteiger partial charge in [-0.05, 0) is 30.2 Å². The monoisotopic (exact) mass is 365 g/mol. The van der Waals surface area contributed by atoms with Crippen molar-refractivity contribution >= 4 is 23.1 Å². The molecule has 0 atom stereocenters. The van der Waals surface area contributed by atoms with E-state index in [4.69, 9.17) is 0 Å². The SMILES string of the molecule is CCN(Cc1ccccc1)C1=C(c2ccc([N+](=O)[O-])cc2)C(=O)N(C)C1=O. The minimum atomic E-state index is -0.499. The highest BCUT2D eigenvalue weighted by molar-refractivity contribution is 6.35. The van der Waals surface area contributed by atoms with Crippen LogP contribution < -0.4 is 0 Å². The van der Waals surface area contributed by atoms with Crippen molar-refractivity contribution in [3.8, 4) is 0 Å². The van der Waals surface area contributed by atoms with Crippen LogP contribution >= 0.6 is 0 Å². The number of likely N-dealkylation sites (N-methyl/N-ethyl adjacent to an activating group) is 2. The van der Waals surface area contributed by atoms with Crippen LogP contribution in [0.5, 0.6) is 0 Å². The second kappa shape index (κ2) is 7.41. The Morgan fingerprint density at radius 3 is 2.19 bits per heavy atom. The Balaban J connectivity index is 2.06. The van der Waals surface area contributed by atoms with Gasteiger partial charge in [0.25, 0.3) is 17.5 Å². The van der Waals surface area contributed by atoms with Gasteiger partial charge in [0.2, 0.25) is 0 Å². The van der Waals surface area contributed by atoms with E-state index < -0.39 is 10.8 Å². The molecule has 7 nitrogen and oxygen atoms in total. The normalized spacial score (nSPS) is 14.1. The van der Waals surface area contributed by atoms with Gasteiger partial charge >= 0.3 is 0 Å². The van der Waals surface area contributed by atoms with E-state index in [-0.39, 0.29) is 17.2 Å². The van der Waals surface area contributed by atoms with Crippen molar-refractivity contribution in [2.45, 2.75) is 13.5 Å². The number of rotatable bonds is 6. The molecule has 3 rings (SSSR count). The van der Waals surface area contributed by atoms with Gasteiger partial charge in [0.1, 0.15) is 5.70 Å². The molecule has 27 heavy (non-hydrogen) atoms. The van der Waals surface area contributed by atoms with Crippen LogP contribution in [-0.4, -0.2) is 40.1 Å². The summed E-state index contributed by atoms with van der Waals surface area (Å²) in [5.74, 6) is -0.776. The molecule has 0 saturated carbocycles. The number of amides is 2. The molecule has 1 heterocycles. The number of nitrogens with zero attached hydrogens (tertiary/aromatic N) is 3. The maximum Gasteiger partial charge on any atom is 0.277 e. The molecule has 2 amide bonds. The molecule has 0 N–H and O–H groups in total. The van der Waals surface area contributed by atoms with Crippen molar-refractivity contribution in [1.82, 2.24) is 9.80 Å². The van der Waals surface area contributed by atoms with Crippen LogP contribution in [0.2, 0.25) is 0 Å². The molecule has 1 aliphatic rings. The highest BCUT2D eigenvalue weighted by atomic mass is 16.6. The Hall–Kier alpha value is -3.48. The van der Waals surface area contributed by atoms with Gasteiger partial charge in [-0.2, -0.15) is 0 Å². The molecule has 1 aliphatic heterocycles. The molecular weight excluding hydrogens is 346 g/mol. The van der Waals surface area contributed by atoms with Gasteiger partial charge in [-0.15, -0.1) is 0 Å². The summed E-state index contributed by atoms with van der Waals surface area (Å²) < 4.78 is 0. The van der Waals surface area contributed by atoms with E-state index >= 15 is 0 Å². The van der Waals surface area contributed by atoms with Crippen LogP contribution in [0.25, 0.3) is 5.57 Å². The van der Waals surface area contributed by atoms with Crippen LogP contribution in [0, 0.1) is 10.1 Å². The van der Waals surface area contributed by atoms with Crippen molar-refractivity contribution in [3.63, 3.8) is 0 Å². The zero-order valence-corrected chi connectivity index (χ0v) is 15.1. The van der Waals surface area contributed by atoms with Crippen molar-refractivity contribution in [2.24, 2.45) is 0 Å². The van der Waals surface area contributed by atoms with Crippen LogP contribution in [0.15, 0.2) is 60.3 Å². The fraction of sp³-hybridized carbons (Fsp3) is 0.200. The maximum absolute atomic E-state index is 12.8. The third kappa shape index (κ3) is 3.44. The number of nitro groups is 1. The molecular formula is C20H19N3O4. The Labute approximate surface area is 156 Å². The molecule has 0 unspecified atom stereocenters. The minimum Gasteiger partial charge on any atom is -0.362 e. The lowest BCUT2D eigenvalue weighted by Gasteiger charge is -2.24. The number of carbonyl (C=O) groups is 2. The number of hydrogen-bond acceptors (Lipinski definition) is 5. The highest BCUT2D eigenvalue weighted by Gasteiger charge is 2.39.